The number of benzene rings is 1. The van der Waals surface area contributed by atoms with Gasteiger partial charge < -0.3 is 4.98 Å². The molecule has 1 aromatic heterocycles. The van der Waals surface area contributed by atoms with Crippen LogP contribution in [0.2, 0.25) is 0 Å². The number of carbonyl (C=O) groups excluding carboxylic acids is 1. The topological polar surface area (TPSA) is 32.9 Å². The van der Waals surface area contributed by atoms with Crippen molar-refractivity contribution in [3.8, 4) is 11.8 Å². The van der Waals surface area contributed by atoms with Gasteiger partial charge in [0.15, 0.2) is 6.29 Å². The molecule has 0 spiro atoms. The van der Waals surface area contributed by atoms with Crippen molar-refractivity contribution < 1.29 is 4.79 Å². The molecular weight excluding hydrogens is 254 g/mol. The first-order valence-electron chi connectivity index (χ1n) is 4.47. The van der Waals surface area contributed by atoms with Gasteiger partial charge in [0.25, 0.3) is 0 Å². The molecule has 1 N–H and O–H groups in total. The maximum atomic E-state index is 10.8. The van der Waals surface area contributed by atoms with Crippen molar-refractivity contribution in [3.05, 3.63) is 35.5 Å². The van der Waals surface area contributed by atoms with Crippen LogP contribution in [-0.4, -0.2) is 16.6 Å². The van der Waals surface area contributed by atoms with E-state index in [-0.39, 0.29) is 0 Å². The van der Waals surface area contributed by atoms with Crippen molar-refractivity contribution in [1.29, 1.82) is 0 Å². The fraction of sp³-hybridized carbons (Fsp3) is 0.0833. The Kier molecular flexibility index (Phi) is 2.89. The van der Waals surface area contributed by atoms with Crippen LogP contribution in [0.1, 0.15) is 15.9 Å². The fourth-order valence-corrected chi connectivity index (χ4v) is 1.68. The lowest BCUT2D eigenvalue weighted by Gasteiger charge is -1.94. The van der Waals surface area contributed by atoms with E-state index in [1.165, 1.54) is 0 Å². The SMILES string of the molecule is O=Cc1c[nH]c2cccc(C#CCBr)c12. The summed E-state index contributed by atoms with van der Waals surface area (Å²) in [7, 11) is 0. The quantitative estimate of drug-likeness (QED) is 0.478. The third-order valence-electron chi connectivity index (χ3n) is 2.15. The van der Waals surface area contributed by atoms with E-state index in [1.54, 1.807) is 6.20 Å². The van der Waals surface area contributed by atoms with Crippen LogP contribution in [0.5, 0.6) is 0 Å². The van der Waals surface area contributed by atoms with Crippen LogP contribution in [0.15, 0.2) is 24.4 Å². The number of alkyl halides is 1. The van der Waals surface area contributed by atoms with E-state index in [1.807, 2.05) is 18.2 Å². The first kappa shape index (κ1) is 10.0. The maximum Gasteiger partial charge on any atom is 0.152 e. The van der Waals surface area contributed by atoms with Gasteiger partial charge in [0.1, 0.15) is 0 Å². The molecule has 15 heavy (non-hydrogen) atoms. The molecule has 0 fully saturated rings. The largest absolute Gasteiger partial charge is 0.360 e. The zero-order chi connectivity index (χ0) is 10.7. The number of hydrogen-bond donors (Lipinski definition) is 1. The number of H-pyrrole nitrogens is 1. The summed E-state index contributed by atoms with van der Waals surface area (Å²) in [5, 5.41) is 1.53. The van der Waals surface area contributed by atoms with Gasteiger partial charge in [0.2, 0.25) is 0 Å². The summed E-state index contributed by atoms with van der Waals surface area (Å²) in [6, 6.07) is 5.77. The molecule has 0 atom stereocenters. The summed E-state index contributed by atoms with van der Waals surface area (Å²) < 4.78 is 0. The van der Waals surface area contributed by atoms with Crippen LogP contribution in [0, 0.1) is 11.8 Å². The molecule has 74 valence electrons. The maximum absolute atomic E-state index is 10.8. The van der Waals surface area contributed by atoms with E-state index in [9.17, 15) is 4.79 Å². The normalized spacial score (nSPS) is 9.67. The summed E-state index contributed by atoms with van der Waals surface area (Å²) >= 11 is 3.25. The van der Waals surface area contributed by atoms with Gasteiger partial charge in [-0.05, 0) is 12.1 Å². The Morgan fingerprint density at radius 3 is 3.07 bits per heavy atom. The van der Waals surface area contributed by atoms with Crippen LogP contribution in [0.25, 0.3) is 10.9 Å². The molecule has 0 aliphatic heterocycles. The number of aldehydes is 1. The minimum Gasteiger partial charge on any atom is -0.360 e. The fourth-order valence-electron chi connectivity index (χ4n) is 1.54. The number of fused-ring (bicyclic) bond motifs is 1. The Hall–Kier alpha value is -1.53. The van der Waals surface area contributed by atoms with Crippen molar-refractivity contribution in [2.45, 2.75) is 0 Å². The molecule has 2 aromatic rings. The van der Waals surface area contributed by atoms with Gasteiger partial charge in [-0.3, -0.25) is 4.79 Å². The Morgan fingerprint density at radius 1 is 1.47 bits per heavy atom. The van der Waals surface area contributed by atoms with E-state index in [4.69, 9.17) is 0 Å². The Morgan fingerprint density at radius 2 is 2.33 bits per heavy atom. The standard InChI is InChI=1S/C12H8BrNO/c13-6-2-4-9-3-1-5-11-12(9)10(8-15)7-14-11/h1,3,5,7-8,14H,6H2. The van der Waals surface area contributed by atoms with Crippen LogP contribution in [-0.2, 0) is 0 Å². The van der Waals surface area contributed by atoms with Crippen molar-refractivity contribution in [2.75, 3.05) is 5.33 Å². The summed E-state index contributed by atoms with van der Waals surface area (Å²) in [6.07, 6.45) is 2.55. The van der Waals surface area contributed by atoms with Gasteiger partial charge in [0, 0.05) is 28.2 Å². The first-order valence-corrected chi connectivity index (χ1v) is 5.59. The lowest BCUT2D eigenvalue weighted by Crippen LogP contribution is -1.81. The molecule has 0 radical (unpaired) electrons. The predicted molar refractivity (Wildman–Crippen MR) is 64.4 cm³/mol. The Balaban J connectivity index is 2.72. The smallest absolute Gasteiger partial charge is 0.152 e. The van der Waals surface area contributed by atoms with Gasteiger partial charge in [-0.25, -0.2) is 0 Å². The monoisotopic (exact) mass is 261 g/mol. The molecule has 1 aromatic carbocycles. The number of aromatic amines is 1. The molecule has 3 heteroatoms. The van der Waals surface area contributed by atoms with E-state index in [0.717, 1.165) is 22.8 Å². The number of nitrogens with one attached hydrogen (secondary N) is 1. The van der Waals surface area contributed by atoms with E-state index in [2.05, 4.69) is 32.8 Å². The van der Waals surface area contributed by atoms with Gasteiger partial charge in [-0.1, -0.05) is 33.8 Å². The number of halogens is 1. The molecule has 0 saturated carbocycles. The number of carbonyl (C=O) groups is 1. The second-order valence-electron chi connectivity index (χ2n) is 3.03. The second-order valence-corrected chi connectivity index (χ2v) is 3.59. The second kappa shape index (κ2) is 4.33. The molecule has 0 aliphatic rings. The zero-order valence-electron chi connectivity index (χ0n) is 7.88. The molecule has 2 nitrogen and oxygen atoms in total. The highest BCUT2D eigenvalue weighted by Crippen LogP contribution is 2.20. The number of hydrogen-bond acceptors (Lipinski definition) is 1. The lowest BCUT2D eigenvalue weighted by atomic mass is 10.1. The highest BCUT2D eigenvalue weighted by molar-refractivity contribution is 9.09. The summed E-state index contributed by atoms with van der Waals surface area (Å²) in [5.41, 5.74) is 2.48. The molecule has 2 rings (SSSR count). The zero-order valence-corrected chi connectivity index (χ0v) is 9.47. The molecule has 0 amide bonds. The average molecular weight is 262 g/mol. The van der Waals surface area contributed by atoms with Crippen LogP contribution < -0.4 is 0 Å². The summed E-state index contributed by atoms with van der Waals surface area (Å²) in [5.74, 6) is 5.96. The summed E-state index contributed by atoms with van der Waals surface area (Å²) in [6.45, 7) is 0. The third kappa shape index (κ3) is 1.81. The van der Waals surface area contributed by atoms with Crippen molar-refractivity contribution >= 4 is 33.1 Å². The molecule has 0 saturated heterocycles. The van der Waals surface area contributed by atoms with Gasteiger partial charge >= 0.3 is 0 Å². The Labute approximate surface area is 95.8 Å². The summed E-state index contributed by atoms with van der Waals surface area (Å²) in [4.78, 5) is 13.9. The van der Waals surface area contributed by atoms with Crippen LogP contribution in [0.3, 0.4) is 0 Å². The van der Waals surface area contributed by atoms with Gasteiger partial charge in [-0.15, -0.1) is 0 Å². The van der Waals surface area contributed by atoms with Crippen LogP contribution in [0.4, 0.5) is 0 Å². The third-order valence-corrected chi connectivity index (χ3v) is 2.43. The van der Waals surface area contributed by atoms with Crippen molar-refractivity contribution in [3.63, 3.8) is 0 Å². The molecule has 1 heterocycles. The van der Waals surface area contributed by atoms with Gasteiger partial charge in [-0.2, -0.15) is 0 Å². The Bertz CT molecular complexity index is 560. The molecular formula is C12H8BrNO. The molecule has 0 aliphatic carbocycles. The minimum atomic E-state index is 0.629. The highest BCUT2D eigenvalue weighted by Gasteiger charge is 2.05. The number of rotatable bonds is 1. The molecule has 0 bridgehead atoms. The molecule has 0 unspecified atom stereocenters. The average Bonchev–Trinajstić information content (AvgIpc) is 2.69. The van der Waals surface area contributed by atoms with Crippen molar-refractivity contribution in [2.24, 2.45) is 0 Å². The van der Waals surface area contributed by atoms with Crippen LogP contribution >= 0.6 is 15.9 Å². The first-order chi connectivity index (χ1) is 7.36. The lowest BCUT2D eigenvalue weighted by molar-refractivity contribution is 0.112. The predicted octanol–water partition coefficient (Wildman–Crippen LogP) is 2.73. The minimum absolute atomic E-state index is 0.629. The van der Waals surface area contributed by atoms with E-state index in [0.29, 0.717) is 10.9 Å². The van der Waals surface area contributed by atoms with E-state index >= 15 is 0 Å². The number of aromatic nitrogens is 1. The van der Waals surface area contributed by atoms with Crippen molar-refractivity contribution in [1.82, 2.24) is 4.98 Å². The highest BCUT2D eigenvalue weighted by atomic mass is 79.9. The van der Waals surface area contributed by atoms with Gasteiger partial charge in [0.05, 0.1) is 5.33 Å². The van der Waals surface area contributed by atoms with E-state index < -0.39 is 0 Å².